The van der Waals surface area contributed by atoms with Crippen LogP contribution < -0.4 is 0 Å². The van der Waals surface area contributed by atoms with Crippen molar-refractivity contribution in [2.24, 2.45) is 0 Å². The Morgan fingerprint density at radius 1 is 1.55 bits per heavy atom. The van der Waals surface area contributed by atoms with E-state index in [4.69, 9.17) is 0 Å². The second-order valence-electron chi connectivity index (χ2n) is 2.21. The van der Waals surface area contributed by atoms with E-state index in [9.17, 15) is 4.79 Å². The number of aldehydes is 1. The van der Waals surface area contributed by atoms with Gasteiger partial charge in [-0.3, -0.25) is 4.79 Å². The average molecular weight is 325 g/mol. The van der Waals surface area contributed by atoms with Crippen LogP contribution in [0.3, 0.4) is 0 Å². The van der Waals surface area contributed by atoms with Gasteiger partial charge in [0.2, 0.25) is 0 Å². The summed E-state index contributed by atoms with van der Waals surface area (Å²) in [6, 6.07) is 3.92. The van der Waals surface area contributed by atoms with E-state index in [2.05, 4.69) is 38.5 Å². The number of carbonyl (C=O) groups excluding carboxylic acids is 1. The van der Waals surface area contributed by atoms with Crippen LogP contribution in [-0.2, 0) is 0 Å². The second-order valence-corrected chi connectivity index (χ2v) is 4.16. The summed E-state index contributed by atoms with van der Waals surface area (Å²) in [6.45, 7) is 1.92. The fourth-order valence-electron chi connectivity index (χ4n) is 0.808. The Bertz CT molecular complexity index is 296. The number of aryl methyl sites for hydroxylation is 1. The molecule has 0 N–H and O–H groups in total. The van der Waals surface area contributed by atoms with Gasteiger partial charge in [-0.1, -0.05) is 6.07 Å². The molecule has 0 bridgehead atoms. The fourth-order valence-corrected chi connectivity index (χ4v) is 1.82. The SMILES string of the molecule is Cc1ccc(I)c(Br)c1C=O. The van der Waals surface area contributed by atoms with E-state index in [0.29, 0.717) is 0 Å². The number of carbonyl (C=O) groups is 1. The third-order valence-electron chi connectivity index (χ3n) is 1.47. The summed E-state index contributed by atoms with van der Waals surface area (Å²) in [5, 5.41) is 0. The zero-order chi connectivity index (χ0) is 8.43. The molecule has 0 heterocycles. The molecule has 1 nitrogen and oxygen atoms in total. The van der Waals surface area contributed by atoms with Crippen LogP contribution in [-0.4, -0.2) is 6.29 Å². The largest absolute Gasteiger partial charge is 0.298 e. The Labute approximate surface area is 87.5 Å². The summed E-state index contributed by atoms with van der Waals surface area (Å²) in [7, 11) is 0. The van der Waals surface area contributed by atoms with E-state index < -0.39 is 0 Å². The molecule has 0 fully saturated rings. The lowest BCUT2D eigenvalue weighted by molar-refractivity contribution is 0.112. The van der Waals surface area contributed by atoms with Gasteiger partial charge in [0.15, 0.2) is 6.29 Å². The lowest BCUT2D eigenvalue weighted by Gasteiger charge is -2.02. The zero-order valence-corrected chi connectivity index (χ0v) is 9.64. The molecule has 3 heteroatoms. The summed E-state index contributed by atoms with van der Waals surface area (Å²) in [5.74, 6) is 0. The minimum Gasteiger partial charge on any atom is -0.298 e. The first-order chi connectivity index (χ1) is 5.16. The smallest absolute Gasteiger partial charge is 0.151 e. The molecule has 0 saturated heterocycles. The van der Waals surface area contributed by atoms with Gasteiger partial charge >= 0.3 is 0 Å². The molecule has 0 saturated carbocycles. The van der Waals surface area contributed by atoms with Crippen LogP contribution in [0.2, 0.25) is 0 Å². The monoisotopic (exact) mass is 324 g/mol. The van der Waals surface area contributed by atoms with Crippen molar-refractivity contribution in [1.82, 2.24) is 0 Å². The van der Waals surface area contributed by atoms with Crippen LogP contribution >= 0.6 is 38.5 Å². The molecule has 11 heavy (non-hydrogen) atoms. The van der Waals surface area contributed by atoms with E-state index in [1.54, 1.807) is 0 Å². The molecule has 0 spiro atoms. The fraction of sp³-hybridized carbons (Fsp3) is 0.125. The predicted molar refractivity (Wildman–Crippen MR) is 57.0 cm³/mol. The third-order valence-corrected chi connectivity index (χ3v) is 3.96. The normalized spacial score (nSPS) is 9.73. The summed E-state index contributed by atoms with van der Waals surface area (Å²) in [6.07, 6.45) is 0.877. The van der Waals surface area contributed by atoms with Gasteiger partial charge in [0.1, 0.15) is 0 Å². The molecule has 0 aliphatic heterocycles. The van der Waals surface area contributed by atoms with Gasteiger partial charge in [-0.15, -0.1) is 0 Å². The molecule has 1 aromatic carbocycles. The average Bonchev–Trinajstić information content (AvgIpc) is 1.99. The summed E-state index contributed by atoms with van der Waals surface area (Å²) in [4.78, 5) is 10.6. The van der Waals surface area contributed by atoms with Crippen LogP contribution in [0.15, 0.2) is 16.6 Å². The first-order valence-electron chi connectivity index (χ1n) is 3.06. The van der Waals surface area contributed by atoms with Crippen molar-refractivity contribution in [1.29, 1.82) is 0 Å². The van der Waals surface area contributed by atoms with Crippen molar-refractivity contribution in [2.75, 3.05) is 0 Å². The highest BCUT2D eigenvalue weighted by Crippen LogP contribution is 2.24. The summed E-state index contributed by atoms with van der Waals surface area (Å²) in [5.41, 5.74) is 1.75. The highest BCUT2D eigenvalue weighted by molar-refractivity contribution is 14.1. The molecular weight excluding hydrogens is 319 g/mol. The first kappa shape index (κ1) is 9.19. The Kier molecular flexibility index (Phi) is 3.06. The molecule has 0 aromatic heterocycles. The molecule has 0 aliphatic rings. The van der Waals surface area contributed by atoms with E-state index in [0.717, 1.165) is 25.5 Å². The summed E-state index contributed by atoms with van der Waals surface area (Å²) < 4.78 is 1.96. The Morgan fingerprint density at radius 3 is 2.64 bits per heavy atom. The highest BCUT2D eigenvalue weighted by atomic mass is 127. The van der Waals surface area contributed by atoms with Crippen molar-refractivity contribution in [3.63, 3.8) is 0 Å². The quantitative estimate of drug-likeness (QED) is 0.573. The lowest BCUT2D eigenvalue weighted by Crippen LogP contribution is -1.89. The number of hydrogen-bond donors (Lipinski definition) is 0. The van der Waals surface area contributed by atoms with Crippen LogP contribution in [0.5, 0.6) is 0 Å². The van der Waals surface area contributed by atoms with Crippen LogP contribution in [0.25, 0.3) is 0 Å². The van der Waals surface area contributed by atoms with Gasteiger partial charge in [-0.2, -0.15) is 0 Å². The second kappa shape index (κ2) is 3.67. The standard InChI is InChI=1S/C8H6BrIO/c1-5-2-3-7(10)8(9)6(5)4-11/h2-4H,1H3. The Balaban J connectivity index is 3.40. The minimum atomic E-state index is 0.747. The predicted octanol–water partition coefficient (Wildman–Crippen LogP) is 3.17. The van der Waals surface area contributed by atoms with Gasteiger partial charge in [0, 0.05) is 13.6 Å². The topological polar surface area (TPSA) is 17.1 Å². The molecule has 1 aromatic rings. The van der Waals surface area contributed by atoms with E-state index in [-0.39, 0.29) is 0 Å². The maximum atomic E-state index is 10.6. The number of halogens is 2. The van der Waals surface area contributed by atoms with Gasteiger partial charge in [0.25, 0.3) is 0 Å². The van der Waals surface area contributed by atoms with Crippen molar-refractivity contribution >= 4 is 44.8 Å². The molecule has 0 amide bonds. The van der Waals surface area contributed by atoms with Crippen molar-refractivity contribution in [3.05, 3.63) is 31.3 Å². The number of hydrogen-bond acceptors (Lipinski definition) is 1. The first-order valence-corrected chi connectivity index (χ1v) is 4.93. The molecule has 58 valence electrons. The van der Waals surface area contributed by atoms with Crippen LogP contribution in [0.1, 0.15) is 15.9 Å². The number of benzene rings is 1. The molecular formula is C8H6BrIO. The molecule has 1 rings (SSSR count). The maximum absolute atomic E-state index is 10.6. The maximum Gasteiger partial charge on any atom is 0.151 e. The molecule has 0 atom stereocenters. The Hall–Kier alpha value is 0.1000. The zero-order valence-electron chi connectivity index (χ0n) is 5.90. The van der Waals surface area contributed by atoms with Gasteiger partial charge in [-0.05, 0) is 57.1 Å². The van der Waals surface area contributed by atoms with Crippen LogP contribution in [0.4, 0.5) is 0 Å². The lowest BCUT2D eigenvalue weighted by atomic mass is 10.1. The van der Waals surface area contributed by atoms with Crippen molar-refractivity contribution < 1.29 is 4.79 Å². The van der Waals surface area contributed by atoms with Gasteiger partial charge < -0.3 is 0 Å². The van der Waals surface area contributed by atoms with Gasteiger partial charge in [0.05, 0.1) is 0 Å². The molecule has 0 unspecified atom stereocenters. The van der Waals surface area contributed by atoms with Crippen LogP contribution in [0, 0.1) is 10.5 Å². The number of rotatable bonds is 1. The molecule has 0 aliphatic carbocycles. The Morgan fingerprint density at radius 2 is 2.18 bits per heavy atom. The highest BCUT2D eigenvalue weighted by Gasteiger charge is 2.04. The minimum absolute atomic E-state index is 0.747. The summed E-state index contributed by atoms with van der Waals surface area (Å²) >= 11 is 5.54. The van der Waals surface area contributed by atoms with Crippen molar-refractivity contribution in [2.45, 2.75) is 6.92 Å². The van der Waals surface area contributed by atoms with E-state index >= 15 is 0 Å². The van der Waals surface area contributed by atoms with Crippen molar-refractivity contribution in [3.8, 4) is 0 Å². The van der Waals surface area contributed by atoms with Gasteiger partial charge in [-0.25, -0.2) is 0 Å². The van der Waals surface area contributed by atoms with E-state index in [1.165, 1.54) is 0 Å². The molecule has 0 radical (unpaired) electrons. The van der Waals surface area contributed by atoms with E-state index in [1.807, 2.05) is 19.1 Å². The third kappa shape index (κ3) is 1.82.